The van der Waals surface area contributed by atoms with Gasteiger partial charge in [-0.1, -0.05) is 30.6 Å². The van der Waals surface area contributed by atoms with E-state index in [9.17, 15) is 4.79 Å². The molecule has 138 valence electrons. The fourth-order valence-electron chi connectivity index (χ4n) is 3.92. The molecule has 1 saturated carbocycles. The van der Waals surface area contributed by atoms with Gasteiger partial charge >= 0.3 is 0 Å². The molecule has 2 aromatic rings. The van der Waals surface area contributed by atoms with Crippen LogP contribution in [0, 0.1) is 0 Å². The first kappa shape index (κ1) is 17.4. The van der Waals surface area contributed by atoms with E-state index in [0.29, 0.717) is 16.7 Å². The van der Waals surface area contributed by atoms with Gasteiger partial charge in [-0.05, 0) is 37.8 Å². The minimum Gasteiger partial charge on any atom is -0.375 e. The number of carbonyl (C=O) groups excluding carboxylic acids is 1. The topological polar surface area (TPSA) is 89.0 Å². The molecular weight excluding hydrogens is 350 g/mol. The predicted octanol–water partition coefficient (Wildman–Crippen LogP) is 3.48. The van der Waals surface area contributed by atoms with E-state index in [2.05, 4.69) is 25.8 Å². The van der Waals surface area contributed by atoms with Crippen LogP contribution < -0.4 is 10.6 Å². The minimum atomic E-state index is -0.229. The van der Waals surface area contributed by atoms with Crippen molar-refractivity contribution in [1.82, 2.24) is 15.2 Å². The summed E-state index contributed by atoms with van der Waals surface area (Å²) in [4.78, 5) is 16.6. The summed E-state index contributed by atoms with van der Waals surface area (Å²) in [6, 6.07) is 4.01. The molecule has 1 saturated heterocycles. The van der Waals surface area contributed by atoms with E-state index < -0.39 is 0 Å². The summed E-state index contributed by atoms with van der Waals surface area (Å²) >= 11 is 1.28. The lowest BCUT2D eigenvalue weighted by atomic mass is 9.78. The van der Waals surface area contributed by atoms with Gasteiger partial charge in [0.15, 0.2) is 0 Å². The molecule has 0 radical (unpaired) electrons. The van der Waals surface area contributed by atoms with Crippen LogP contribution in [0.25, 0.3) is 0 Å². The summed E-state index contributed by atoms with van der Waals surface area (Å²) in [5.74, 6) is 0.573. The van der Waals surface area contributed by atoms with Crippen molar-refractivity contribution in [1.29, 1.82) is 0 Å². The fraction of sp³-hybridized carbons (Fsp3) is 0.556. The van der Waals surface area contributed by atoms with Gasteiger partial charge in [-0.25, -0.2) is 4.98 Å². The number of rotatable bonds is 4. The van der Waals surface area contributed by atoms with Gasteiger partial charge in [0.25, 0.3) is 5.91 Å². The van der Waals surface area contributed by atoms with Crippen LogP contribution >= 0.6 is 11.3 Å². The van der Waals surface area contributed by atoms with Crippen LogP contribution in [0.1, 0.15) is 55.3 Å². The fourth-order valence-corrected chi connectivity index (χ4v) is 4.36. The summed E-state index contributed by atoms with van der Waals surface area (Å²) < 4.78 is 6.15. The average Bonchev–Trinajstić information content (AvgIpc) is 3.16. The van der Waals surface area contributed by atoms with E-state index in [1.807, 2.05) is 6.07 Å². The van der Waals surface area contributed by atoms with Crippen molar-refractivity contribution in [2.75, 3.05) is 17.2 Å². The number of ether oxygens (including phenoxy) is 1. The Kier molecular flexibility index (Phi) is 5.12. The second kappa shape index (κ2) is 7.67. The van der Waals surface area contributed by atoms with E-state index in [-0.39, 0.29) is 11.5 Å². The number of hydrogen-bond acceptors (Lipinski definition) is 7. The molecule has 0 aromatic carbocycles. The van der Waals surface area contributed by atoms with Gasteiger partial charge in [-0.3, -0.25) is 10.1 Å². The first-order valence-electron chi connectivity index (χ1n) is 9.17. The van der Waals surface area contributed by atoms with Gasteiger partial charge in [-0.15, -0.1) is 10.2 Å². The molecule has 2 aromatic heterocycles. The van der Waals surface area contributed by atoms with E-state index >= 15 is 0 Å². The maximum absolute atomic E-state index is 12.2. The Morgan fingerprint density at radius 1 is 1.27 bits per heavy atom. The standard InChI is InChI=1S/C18H23N5O2S/c24-16(22-17-23-20-12-26-17)13-4-5-15(19-11-13)21-14-6-9-25-18(10-14)7-2-1-3-8-18/h4-5,11-12,14H,1-3,6-10H2,(H,19,21)(H,22,23,24). The van der Waals surface area contributed by atoms with Gasteiger partial charge in [0.05, 0.1) is 11.2 Å². The Morgan fingerprint density at radius 3 is 2.88 bits per heavy atom. The molecule has 3 heterocycles. The maximum atomic E-state index is 12.2. The van der Waals surface area contributed by atoms with Crippen LogP contribution in [0.15, 0.2) is 23.8 Å². The number of nitrogens with zero attached hydrogens (tertiary/aromatic N) is 3. The molecule has 1 unspecified atom stereocenters. The Labute approximate surface area is 156 Å². The molecule has 2 aliphatic rings. The summed E-state index contributed by atoms with van der Waals surface area (Å²) in [7, 11) is 0. The summed E-state index contributed by atoms with van der Waals surface area (Å²) in [5.41, 5.74) is 2.14. The molecule has 2 fully saturated rings. The van der Waals surface area contributed by atoms with E-state index in [1.54, 1.807) is 17.8 Å². The van der Waals surface area contributed by atoms with Crippen LogP contribution in [0.2, 0.25) is 0 Å². The Morgan fingerprint density at radius 2 is 2.15 bits per heavy atom. The molecule has 2 N–H and O–H groups in total. The minimum absolute atomic E-state index is 0.0652. The van der Waals surface area contributed by atoms with Crippen LogP contribution in [0.3, 0.4) is 0 Å². The van der Waals surface area contributed by atoms with Crippen LogP contribution in [0.4, 0.5) is 10.9 Å². The second-order valence-electron chi connectivity index (χ2n) is 7.06. The van der Waals surface area contributed by atoms with Crippen LogP contribution in [0.5, 0.6) is 0 Å². The molecule has 7 nitrogen and oxygen atoms in total. The number of carbonyl (C=O) groups is 1. The van der Waals surface area contributed by atoms with Crippen LogP contribution in [-0.4, -0.2) is 39.3 Å². The van der Waals surface area contributed by atoms with Crippen molar-refractivity contribution in [3.63, 3.8) is 0 Å². The van der Waals surface area contributed by atoms with Crippen molar-refractivity contribution in [2.24, 2.45) is 0 Å². The highest BCUT2D eigenvalue weighted by atomic mass is 32.1. The third-order valence-corrected chi connectivity index (χ3v) is 5.82. The van der Waals surface area contributed by atoms with Gasteiger partial charge in [-0.2, -0.15) is 0 Å². The monoisotopic (exact) mass is 373 g/mol. The van der Waals surface area contributed by atoms with Gasteiger partial charge < -0.3 is 10.1 Å². The van der Waals surface area contributed by atoms with Crippen molar-refractivity contribution in [3.05, 3.63) is 29.4 Å². The summed E-state index contributed by atoms with van der Waals surface area (Å²) in [6.45, 7) is 0.806. The van der Waals surface area contributed by atoms with E-state index in [0.717, 1.165) is 25.3 Å². The third kappa shape index (κ3) is 4.02. The summed E-state index contributed by atoms with van der Waals surface area (Å²) in [5, 5.41) is 14.2. The molecule has 0 bridgehead atoms. The number of aromatic nitrogens is 3. The summed E-state index contributed by atoms with van der Waals surface area (Å²) in [6.07, 6.45) is 9.82. The quantitative estimate of drug-likeness (QED) is 0.853. The van der Waals surface area contributed by atoms with E-state index in [4.69, 9.17) is 4.74 Å². The average molecular weight is 373 g/mol. The third-order valence-electron chi connectivity index (χ3n) is 5.22. The molecule has 1 atom stereocenters. The predicted molar refractivity (Wildman–Crippen MR) is 101 cm³/mol. The lowest BCUT2D eigenvalue weighted by molar-refractivity contribution is -0.103. The molecular formula is C18H23N5O2S. The van der Waals surface area contributed by atoms with Gasteiger partial charge in [0, 0.05) is 18.8 Å². The highest BCUT2D eigenvalue weighted by Gasteiger charge is 2.38. The van der Waals surface area contributed by atoms with Gasteiger partial charge in [0.2, 0.25) is 5.13 Å². The Bertz CT molecular complexity index is 723. The zero-order chi connectivity index (χ0) is 17.8. The molecule has 1 spiro atoms. The molecule has 4 rings (SSSR count). The number of hydrogen-bond donors (Lipinski definition) is 2. The molecule has 1 amide bonds. The Hall–Kier alpha value is -2.06. The highest BCUT2D eigenvalue weighted by Crippen LogP contribution is 2.39. The lowest BCUT2D eigenvalue weighted by Crippen LogP contribution is -2.45. The zero-order valence-electron chi connectivity index (χ0n) is 14.6. The number of anilines is 2. The van der Waals surface area contributed by atoms with Crippen molar-refractivity contribution in [3.8, 4) is 0 Å². The second-order valence-corrected chi connectivity index (χ2v) is 7.89. The Balaban J connectivity index is 1.35. The van der Waals surface area contributed by atoms with E-state index in [1.165, 1.54) is 43.4 Å². The molecule has 8 heteroatoms. The number of amides is 1. The maximum Gasteiger partial charge on any atom is 0.259 e. The largest absolute Gasteiger partial charge is 0.375 e. The smallest absolute Gasteiger partial charge is 0.259 e. The zero-order valence-corrected chi connectivity index (χ0v) is 15.4. The lowest BCUT2D eigenvalue weighted by Gasteiger charge is -2.43. The van der Waals surface area contributed by atoms with Crippen LogP contribution in [-0.2, 0) is 4.74 Å². The van der Waals surface area contributed by atoms with Crippen molar-refractivity contribution < 1.29 is 9.53 Å². The SMILES string of the molecule is O=C(Nc1nncs1)c1ccc(NC2CCOC3(CCCCC3)C2)nc1. The normalized spacial score (nSPS) is 22.1. The number of nitrogens with one attached hydrogen (secondary N) is 2. The highest BCUT2D eigenvalue weighted by molar-refractivity contribution is 7.13. The molecule has 26 heavy (non-hydrogen) atoms. The first-order chi connectivity index (χ1) is 12.7. The first-order valence-corrected chi connectivity index (χ1v) is 10.0. The van der Waals surface area contributed by atoms with Gasteiger partial charge in [0.1, 0.15) is 11.3 Å². The van der Waals surface area contributed by atoms with Crippen molar-refractivity contribution in [2.45, 2.75) is 56.6 Å². The molecule has 1 aliphatic heterocycles. The molecule has 1 aliphatic carbocycles. The van der Waals surface area contributed by atoms with Crippen molar-refractivity contribution >= 4 is 28.2 Å². The number of pyridine rings is 1.